The van der Waals surface area contributed by atoms with Gasteiger partial charge in [0.15, 0.2) is 0 Å². The zero-order valence-corrected chi connectivity index (χ0v) is 12.8. The summed E-state index contributed by atoms with van der Waals surface area (Å²) in [4.78, 5) is 6.15. The van der Waals surface area contributed by atoms with Gasteiger partial charge in [0, 0.05) is 23.8 Å². The van der Waals surface area contributed by atoms with Gasteiger partial charge in [0.05, 0.1) is 5.56 Å². The molecule has 0 aliphatic carbocycles. The van der Waals surface area contributed by atoms with Crippen LogP contribution in [0.5, 0.6) is 0 Å². The molecule has 2 heterocycles. The Morgan fingerprint density at radius 1 is 1.50 bits per heavy atom. The monoisotopic (exact) mass is 351 g/mol. The zero-order valence-electron chi connectivity index (χ0n) is 11.2. The fourth-order valence-electron chi connectivity index (χ4n) is 2.40. The second-order valence-electron chi connectivity index (χ2n) is 4.98. The maximum Gasteiger partial charge on any atom is 0.419 e. The molecule has 0 amide bonds. The van der Waals surface area contributed by atoms with Crippen LogP contribution >= 0.6 is 15.9 Å². The van der Waals surface area contributed by atoms with Crippen molar-refractivity contribution in [2.24, 2.45) is 5.92 Å². The van der Waals surface area contributed by atoms with Crippen LogP contribution in [0.1, 0.15) is 18.9 Å². The van der Waals surface area contributed by atoms with E-state index in [1.54, 1.807) is 0 Å². The Morgan fingerprint density at radius 3 is 2.85 bits per heavy atom. The van der Waals surface area contributed by atoms with Crippen molar-refractivity contribution >= 4 is 21.7 Å². The average molecular weight is 352 g/mol. The van der Waals surface area contributed by atoms with Crippen LogP contribution in [0.3, 0.4) is 0 Å². The smallest absolute Gasteiger partial charge is 0.369 e. The van der Waals surface area contributed by atoms with Gasteiger partial charge in [-0.05, 0) is 47.4 Å². The first-order chi connectivity index (χ1) is 9.40. The SMILES string of the molecule is CCN1CCC(CNc2ncc(Br)cc2C(F)(F)F)C1. The summed E-state index contributed by atoms with van der Waals surface area (Å²) in [6, 6.07) is 1.06. The fraction of sp³-hybridized carbons (Fsp3) is 0.615. The van der Waals surface area contributed by atoms with Crippen LogP contribution < -0.4 is 5.32 Å². The molecule has 0 saturated carbocycles. The van der Waals surface area contributed by atoms with Crippen molar-refractivity contribution in [1.82, 2.24) is 9.88 Å². The van der Waals surface area contributed by atoms with Gasteiger partial charge in [0.1, 0.15) is 5.82 Å². The van der Waals surface area contributed by atoms with Gasteiger partial charge in [0.2, 0.25) is 0 Å². The molecule has 1 saturated heterocycles. The first-order valence-corrected chi connectivity index (χ1v) is 7.38. The van der Waals surface area contributed by atoms with E-state index in [-0.39, 0.29) is 5.82 Å². The highest BCUT2D eigenvalue weighted by atomic mass is 79.9. The molecule has 0 bridgehead atoms. The van der Waals surface area contributed by atoms with Crippen molar-refractivity contribution < 1.29 is 13.2 Å². The molecule has 7 heteroatoms. The van der Waals surface area contributed by atoms with E-state index in [0.29, 0.717) is 16.9 Å². The van der Waals surface area contributed by atoms with Crippen molar-refractivity contribution in [3.8, 4) is 0 Å². The number of anilines is 1. The number of halogens is 4. The van der Waals surface area contributed by atoms with E-state index < -0.39 is 11.7 Å². The fourth-order valence-corrected chi connectivity index (χ4v) is 2.74. The zero-order chi connectivity index (χ0) is 14.8. The maximum absolute atomic E-state index is 12.9. The summed E-state index contributed by atoms with van der Waals surface area (Å²) in [5.74, 6) is 0.289. The highest BCUT2D eigenvalue weighted by Crippen LogP contribution is 2.35. The van der Waals surface area contributed by atoms with Crippen LogP contribution in [-0.2, 0) is 6.18 Å². The van der Waals surface area contributed by atoms with Crippen LogP contribution in [0, 0.1) is 5.92 Å². The van der Waals surface area contributed by atoms with Gasteiger partial charge in [-0.2, -0.15) is 13.2 Å². The number of pyridine rings is 1. The third kappa shape index (κ3) is 3.85. The first-order valence-electron chi connectivity index (χ1n) is 6.59. The van der Waals surface area contributed by atoms with Gasteiger partial charge in [-0.25, -0.2) is 4.98 Å². The average Bonchev–Trinajstić information content (AvgIpc) is 2.84. The molecule has 0 spiro atoms. The lowest BCUT2D eigenvalue weighted by Crippen LogP contribution is -2.23. The lowest BCUT2D eigenvalue weighted by Gasteiger charge is -2.17. The highest BCUT2D eigenvalue weighted by molar-refractivity contribution is 9.10. The van der Waals surface area contributed by atoms with E-state index in [4.69, 9.17) is 0 Å². The normalized spacial score (nSPS) is 20.4. The van der Waals surface area contributed by atoms with Gasteiger partial charge < -0.3 is 10.2 Å². The molecular weight excluding hydrogens is 335 g/mol. The molecule has 1 N–H and O–H groups in total. The molecular formula is C13H17BrF3N3. The Morgan fingerprint density at radius 2 is 2.25 bits per heavy atom. The molecule has 1 atom stereocenters. The summed E-state index contributed by atoms with van der Waals surface area (Å²) in [5.41, 5.74) is -0.725. The van der Waals surface area contributed by atoms with Gasteiger partial charge >= 0.3 is 6.18 Å². The largest absolute Gasteiger partial charge is 0.419 e. The number of rotatable bonds is 4. The topological polar surface area (TPSA) is 28.2 Å². The molecule has 0 aromatic carbocycles. The van der Waals surface area contributed by atoms with Crippen LogP contribution in [-0.4, -0.2) is 36.1 Å². The summed E-state index contributed by atoms with van der Waals surface area (Å²) in [6.07, 6.45) is -2.01. The Hall–Kier alpha value is -0.820. The molecule has 1 aromatic heterocycles. The molecule has 1 unspecified atom stereocenters. The number of hydrogen-bond acceptors (Lipinski definition) is 3. The number of nitrogens with one attached hydrogen (secondary N) is 1. The van der Waals surface area contributed by atoms with Crippen LogP contribution in [0.25, 0.3) is 0 Å². The van der Waals surface area contributed by atoms with E-state index >= 15 is 0 Å². The minimum absolute atomic E-state index is 0.0874. The quantitative estimate of drug-likeness (QED) is 0.897. The maximum atomic E-state index is 12.9. The standard InChI is InChI=1S/C13H17BrF3N3/c1-2-20-4-3-9(8-20)6-18-12-11(13(15,16)17)5-10(14)7-19-12/h5,7,9H,2-4,6,8H2,1H3,(H,18,19). The van der Waals surface area contributed by atoms with Crippen molar-refractivity contribution in [2.45, 2.75) is 19.5 Å². The Balaban J connectivity index is 2.03. The van der Waals surface area contributed by atoms with E-state index in [9.17, 15) is 13.2 Å². The minimum atomic E-state index is -4.40. The van der Waals surface area contributed by atoms with Crippen molar-refractivity contribution in [1.29, 1.82) is 0 Å². The Labute approximate surface area is 124 Å². The molecule has 1 aliphatic heterocycles. The summed E-state index contributed by atoms with van der Waals surface area (Å²) in [7, 11) is 0. The molecule has 112 valence electrons. The number of alkyl halides is 3. The number of aromatic nitrogens is 1. The molecule has 3 nitrogen and oxygen atoms in total. The lowest BCUT2D eigenvalue weighted by molar-refractivity contribution is -0.137. The summed E-state index contributed by atoms with van der Waals surface area (Å²) in [5, 5.41) is 2.85. The third-order valence-electron chi connectivity index (χ3n) is 3.54. The van der Waals surface area contributed by atoms with Gasteiger partial charge in [-0.15, -0.1) is 0 Å². The van der Waals surface area contributed by atoms with Gasteiger partial charge in [-0.3, -0.25) is 0 Å². The predicted molar refractivity (Wildman–Crippen MR) is 75.6 cm³/mol. The van der Waals surface area contributed by atoms with E-state index in [1.807, 2.05) is 0 Å². The predicted octanol–water partition coefficient (Wildman–Crippen LogP) is 3.62. The Bertz CT molecular complexity index is 465. The van der Waals surface area contributed by atoms with Crippen LogP contribution in [0.2, 0.25) is 0 Å². The lowest BCUT2D eigenvalue weighted by atomic mass is 10.1. The second kappa shape index (κ2) is 6.30. The third-order valence-corrected chi connectivity index (χ3v) is 3.97. The van der Waals surface area contributed by atoms with E-state index in [1.165, 1.54) is 6.20 Å². The number of likely N-dealkylation sites (tertiary alicyclic amines) is 1. The molecule has 1 aromatic rings. The van der Waals surface area contributed by atoms with Crippen LogP contribution in [0.4, 0.5) is 19.0 Å². The molecule has 1 fully saturated rings. The highest BCUT2D eigenvalue weighted by Gasteiger charge is 2.35. The summed E-state index contributed by atoms with van der Waals surface area (Å²) >= 11 is 3.03. The van der Waals surface area contributed by atoms with Crippen molar-refractivity contribution in [2.75, 3.05) is 31.5 Å². The number of nitrogens with zero attached hydrogens (tertiary/aromatic N) is 2. The van der Waals surface area contributed by atoms with Gasteiger partial charge in [-0.1, -0.05) is 6.92 Å². The Kier molecular flexibility index (Phi) is 4.90. The van der Waals surface area contributed by atoms with Gasteiger partial charge in [0.25, 0.3) is 0 Å². The molecule has 0 radical (unpaired) electrons. The van der Waals surface area contributed by atoms with E-state index in [0.717, 1.165) is 32.1 Å². The molecule has 2 rings (SSSR count). The van der Waals surface area contributed by atoms with Crippen molar-refractivity contribution in [3.63, 3.8) is 0 Å². The summed E-state index contributed by atoms with van der Waals surface area (Å²) in [6.45, 7) is 5.55. The first kappa shape index (κ1) is 15.6. The van der Waals surface area contributed by atoms with E-state index in [2.05, 4.69) is 38.1 Å². The molecule has 20 heavy (non-hydrogen) atoms. The van der Waals surface area contributed by atoms with Crippen LogP contribution in [0.15, 0.2) is 16.7 Å². The number of hydrogen-bond donors (Lipinski definition) is 1. The second-order valence-corrected chi connectivity index (χ2v) is 5.89. The minimum Gasteiger partial charge on any atom is -0.369 e. The van der Waals surface area contributed by atoms with Crippen molar-refractivity contribution in [3.05, 3.63) is 22.3 Å². The molecule has 1 aliphatic rings. The summed E-state index contributed by atoms with van der Waals surface area (Å²) < 4.78 is 39.1.